The number of nitrogens with zero attached hydrogens (tertiary/aromatic N) is 3. The Morgan fingerprint density at radius 2 is 2.05 bits per heavy atom. The normalized spacial score (nSPS) is 11.7. The van der Waals surface area contributed by atoms with Crippen molar-refractivity contribution >= 4 is 27.3 Å². The fraction of sp³-hybridized carbons (Fsp3) is 0.500. The SMILES string of the molecule is Cc1ncsc1CCOc1cc(Br)nc(C(C)(C)C)n1. The van der Waals surface area contributed by atoms with Crippen LogP contribution >= 0.6 is 27.3 Å². The summed E-state index contributed by atoms with van der Waals surface area (Å²) in [5.41, 5.74) is 2.85. The molecule has 2 aromatic rings. The zero-order valence-corrected chi connectivity index (χ0v) is 14.5. The molecule has 6 heteroatoms. The summed E-state index contributed by atoms with van der Waals surface area (Å²) in [4.78, 5) is 14.4. The summed E-state index contributed by atoms with van der Waals surface area (Å²) >= 11 is 5.07. The molecule has 0 atom stereocenters. The number of aromatic nitrogens is 3. The highest BCUT2D eigenvalue weighted by Gasteiger charge is 2.19. The van der Waals surface area contributed by atoms with Crippen LogP contribution in [0.2, 0.25) is 0 Å². The molecule has 0 saturated heterocycles. The molecule has 0 aromatic carbocycles. The van der Waals surface area contributed by atoms with Gasteiger partial charge in [-0.1, -0.05) is 20.8 Å². The van der Waals surface area contributed by atoms with Gasteiger partial charge in [0.25, 0.3) is 0 Å². The second kappa shape index (κ2) is 6.18. The van der Waals surface area contributed by atoms with Crippen molar-refractivity contribution in [3.05, 3.63) is 32.6 Å². The number of rotatable bonds is 4. The predicted molar refractivity (Wildman–Crippen MR) is 84.5 cm³/mol. The Hall–Kier alpha value is -1.01. The molecule has 0 saturated carbocycles. The largest absolute Gasteiger partial charge is 0.477 e. The van der Waals surface area contributed by atoms with Gasteiger partial charge >= 0.3 is 0 Å². The maximum absolute atomic E-state index is 5.75. The molecule has 2 heterocycles. The average Bonchev–Trinajstić information content (AvgIpc) is 2.73. The number of aryl methyl sites for hydroxylation is 1. The van der Waals surface area contributed by atoms with E-state index in [-0.39, 0.29) is 5.41 Å². The number of halogens is 1. The summed E-state index contributed by atoms with van der Waals surface area (Å²) in [6, 6.07) is 1.80. The predicted octanol–water partition coefficient (Wildman–Crippen LogP) is 3.92. The summed E-state index contributed by atoms with van der Waals surface area (Å²) in [5.74, 6) is 1.38. The number of hydrogen-bond acceptors (Lipinski definition) is 5. The third kappa shape index (κ3) is 3.99. The van der Waals surface area contributed by atoms with Crippen LogP contribution in [0.5, 0.6) is 5.88 Å². The minimum atomic E-state index is -0.101. The highest BCUT2D eigenvalue weighted by Crippen LogP contribution is 2.23. The van der Waals surface area contributed by atoms with E-state index in [0.717, 1.165) is 22.5 Å². The fourth-order valence-electron chi connectivity index (χ4n) is 1.62. The molecule has 0 N–H and O–H groups in total. The highest BCUT2D eigenvalue weighted by molar-refractivity contribution is 9.10. The summed E-state index contributed by atoms with van der Waals surface area (Å²) < 4.78 is 6.50. The van der Waals surface area contributed by atoms with Gasteiger partial charge < -0.3 is 4.74 Å². The van der Waals surface area contributed by atoms with Gasteiger partial charge in [0.05, 0.1) is 17.8 Å². The van der Waals surface area contributed by atoms with Gasteiger partial charge in [0.15, 0.2) is 0 Å². The topological polar surface area (TPSA) is 47.9 Å². The lowest BCUT2D eigenvalue weighted by Crippen LogP contribution is -2.17. The Labute approximate surface area is 131 Å². The minimum Gasteiger partial charge on any atom is -0.477 e. The maximum Gasteiger partial charge on any atom is 0.217 e. The summed E-state index contributed by atoms with van der Waals surface area (Å²) in [6.07, 6.45) is 0.850. The molecule has 0 aliphatic rings. The molecule has 0 radical (unpaired) electrons. The van der Waals surface area contributed by atoms with Crippen molar-refractivity contribution in [2.75, 3.05) is 6.61 Å². The van der Waals surface area contributed by atoms with Gasteiger partial charge in [-0.15, -0.1) is 11.3 Å². The van der Waals surface area contributed by atoms with Crippen LogP contribution in [0.25, 0.3) is 0 Å². The van der Waals surface area contributed by atoms with Crippen molar-refractivity contribution in [1.29, 1.82) is 0 Å². The smallest absolute Gasteiger partial charge is 0.217 e. The van der Waals surface area contributed by atoms with Crippen molar-refractivity contribution in [3.8, 4) is 5.88 Å². The van der Waals surface area contributed by atoms with E-state index in [1.54, 1.807) is 17.4 Å². The highest BCUT2D eigenvalue weighted by atomic mass is 79.9. The van der Waals surface area contributed by atoms with Crippen molar-refractivity contribution in [3.63, 3.8) is 0 Å². The molecule has 0 fully saturated rings. The van der Waals surface area contributed by atoms with Crippen LogP contribution in [0.3, 0.4) is 0 Å². The molecule has 0 aliphatic carbocycles. The molecule has 108 valence electrons. The molecule has 4 nitrogen and oxygen atoms in total. The molecule has 0 amide bonds. The maximum atomic E-state index is 5.75. The van der Waals surface area contributed by atoms with Crippen molar-refractivity contribution < 1.29 is 4.74 Å². The van der Waals surface area contributed by atoms with Gasteiger partial charge in [0, 0.05) is 22.8 Å². The van der Waals surface area contributed by atoms with Gasteiger partial charge in [0.1, 0.15) is 10.4 Å². The van der Waals surface area contributed by atoms with E-state index in [1.807, 2.05) is 12.4 Å². The third-order valence-corrected chi connectivity index (χ3v) is 4.17. The lowest BCUT2D eigenvalue weighted by molar-refractivity contribution is 0.305. The van der Waals surface area contributed by atoms with Crippen LogP contribution in [0.15, 0.2) is 16.2 Å². The second-order valence-corrected chi connectivity index (χ2v) is 7.31. The Morgan fingerprint density at radius 1 is 1.30 bits per heavy atom. The zero-order valence-electron chi connectivity index (χ0n) is 12.1. The number of thiazole rings is 1. The lowest BCUT2D eigenvalue weighted by atomic mass is 9.96. The van der Waals surface area contributed by atoms with Crippen LogP contribution in [0.1, 0.15) is 37.2 Å². The number of ether oxygens (including phenoxy) is 1. The monoisotopic (exact) mass is 355 g/mol. The van der Waals surface area contributed by atoms with Crippen LogP contribution in [-0.4, -0.2) is 21.6 Å². The molecule has 0 bridgehead atoms. The molecule has 0 unspecified atom stereocenters. The quantitative estimate of drug-likeness (QED) is 0.779. The molecular formula is C14H18BrN3OS. The Bertz CT molecular complexity index is 592. The lowest BCUT2D eigenvalue weighted by Gasteiger charge is -2.17. The Kier molecular flexibility index (Phi) is 4.75. The van der Waals surface area contributed by atoms with Crippen LogP contribution < -0.4 is 4.74 Å². The molecule has 2 aromatic heterocycles. The van der Waals surface area contributed by atoms with Crippen molar-refractivity contribution in [1.82, 2.24) is 15.0 Å². The second-order valence-electron chi connectivity index (χ2n) is 5.56. The van der Waals surface area contributed by atoms with E-state index in [9.17, 15) is 0 Å². The van der Waals surface area contributed by atoms with Gasteiger partial charge in [-0.25, -0.2) is 9.97 Å². The van der Waals surface area contributed by atoms with Gasteiger partial charge in [-0.2, -0.15) is 4.98 Å². The zero-order chi connectivity index (χ0) is 14.8. The summed E-state index contributed by atoms with van der Waals surface area (Å²) in [6.45, 7) is 8.86. The first-order valence-corrected chi connectivity index (χ1v) is 8.10. The van der Waals surface area contributed by atoms with Gasteiger partial charge in [-0.05, 0) is 22.9 Å². The number of hydrogen-bond donors (Lipinski definition) is 0. The first-order chi connectivity index (χ1) is 9.36. The molecule has 2 rings (SSSR count). The van der Waals surface area contributed by atoms with E-state index in [2.05, 4.69) is 51.7 Å². The van der Waals surface area contributed by atoms with E-state index >= 15 is 0 Å². The first kappa shape index (κ1) is 15.4. The standard InChI is InChI=1S/C14H18BrN3OS/c1-9-10(20-8-16-9)5-6-19-12-7-11(15)17-13(18-12)14(2,3)4/h7-8H,5-6H2,1-4H3. The van der Waals surface area contributed by atoms with E-state index in [1.165, 1.54) is 4.88 Å². The Morgan fingerprint density at radius 3 is 2.65 bits per heavy atom. The van der Waals surface area contributed by atoms with Gasteiger partial charge in [0.2, 0.25) is 5.88 Å². The van der Waals surface area contributed by atoms with E-state index in [0.29, 0.717) is 12.5 Å². The van der Waals surface area contributed by atoms with Crippen molar-refractivity contribution in [2.45, 2.75) is 39.5 Å². The molecule has 0 spiro atoms. The minimum absolute atomic E-state index is 0.101. The third-order valence-electron chi connectivity index (χ3n) is 2.77. The fourth-order valence-corrected chi connectivity index (χ4v) is 2.75. The van der Waals surface area contributed by atoms with Crippen LogP contribution in [0, 0.1) is 6.92 Å². The van der Waals surface area contributed by atoms with Crippen LogP contribution in [0.4, 0.5) is 0 Å². The molecule has 20 heavy (non-hydrogen) atoms. The molecule has 0 aliphatic heterocycles. The van der Waals surface area contributed by atoms with E-state index < -0.39 is 0 Å². The molecular weight excluding hydrogens is 338 g/mol. The first-order valence-electron chi connectivity index (χ1n) is 6.43. The Balaban J connectivity index is 2.03. The van der Waals surface area contributed by atoms with E-state index in [4.69, 9.17) is 4.74 Å². The van der Waals surface area contributed by atoms with Crippen LogP contribution in [-0.2, 0) is 11.8 Å². The van der Waals surface area contributed by atoms with Crippen molar-refractivity contribution in [2.24, 2.45) is 0 Å². The summed E-state index contributed by atoms with van der Waals surface area (Å²) in [7, 11) is 0. The average molecular weight is 356 g/mol. The summed E-state index contributed by atoms with van der Waals surface area (Å²) in [5, 5.41) is 0. The van der Waals surface area contributed by atoms with Gasteiger partial charge in [-0.3, -0.25) is 0 Å².